The zero-order valence-corrected chi connectivity index (χ0v) is 12.6. The van der Waals surface area contributed by atoms with E-state index in [-0.39, 0.29) is 18.0 Å². The standard InChI is InChI=1S/C15H17N3O2.ClH/c1-10-3-2-6-18(8-10)14-12-5-4-11(15(19)20)7-13(12)16-9-17-14;/h4-5,7,9-10H,2-3,6,8H2,1H3,(H,19,20);1H. The second-order valence-corrected chi connectivity index (χ2v) is 5.43. The van der Waals surface area contributed by atoms with Crippen LogP contribution in [0.15, 0.2) is 24.5 Å². The highest BCUT2D eigenvalue weighted by molar-refractivity contribution is 5.96. The molecule has 0 bridgehead atoms. The predicted molar refractivity (Wildman–Crippen MR) is 84.4 cm³/mol. The van der Waals surface area contributed by atoms with Gasteiger partial charge in [-0.2, -0.15) is 0 Å². The molecule has 1 unspecified atom stereocenters. The Kier molecular flexibility index (Phi) is 4.63. The van der Waals surface area contributed by atoms with E-state index in [4.69, 9.17) is 5.11 Å². The lowest BCUT2D eigenvalue weighted by Crippen LogP contribution is -2.35. The summed E-state index contributed by atoms with van der Waals surface area (Å²) >= 11 is 0. The van der Waals surface area contributed by atoms with Crippen molar-refractivity contribution < 1.29 is 9.90 Å². The Hall–Kier alpha value is -1.88. The van der Waals surface area contributed by atoms with E-state index >= 15 is 0 Å². The Morgan fingerprint density at radius 1 is 1.38 bits per heavy atom. The van der Waals surface area contributed by atoms with Gasteiger partial charge < -0.3 is 10.0 Å². The molecule has 5 nitrogen and oxygen atoms in total. The molecule has 2 heterocycles. The summed E-state index contributed by atoms with van der Waals surface area (Å²) in [5.41, 5.74) is 0.947. The minimum absolute atomic E-state index is 0. The number of nitrogens with zero attached hydrogens (tertiary/aromatic N) is 3. The van der Waals surface area contributed by atoms with Crippen LogP contribution in [0.4, 0.5) is 5.82 Å². The minimum atomic E-state index is -0.932. The molecular formula is C15H18ClN3O2. The van der Waals surface area contributed by atoms with Crippen molar-refractivity contribution in [3.05, 3.63) is 30.1 Å². The summed E-state index contributed by atoms with van der Waals surface area (Å²) in [6, 6.07) is 5.04. The van der Waals surface area contributed by atoms with Crippen molar-refractivity contribution in [2.45, 2.75) is 19.8 Å². The number of hydrogen-bond donors (Lipinski definition) is 1. The molecule has 1 saturated heterocycles. The molecule has 1 aliphatic rings. The van der Waals surface area contributed by atoms with E-state index in [1.54, 1.807) is 12.1 Å². The fraction of sp³-hybridized carbons (Fsp3) is 0.400. The van der Waals surface area contributed by atoms with Gasteiger partial charge in [0.15, 0.2) is 0 Å². The van der Waals surface area contributed by atoms with Crippen molar-refractivity contribution in [2.24, 2.45) is 5.92 Å². The fourth-order valence-electron chi connectivity index (χ4n) is 2.81. The van der Waals surface area contributed by atoms with Crippen LogP contribution in [0.1, 0.15) is 30.1 Å². The van der Waals surface area contributed by atoms with Crippen LogP contribution >= 0.6 is 12.4 Å². The molecule has 1 aromatic heterocycles. The Bertz CT molecular complexity index is 662. The van der Waals surface area contributed by atoms with Gasteiger partial charge in [-0.05, 0) is 37.0 Å². The molecule has 21 heavy (non-hydrogen) atoms. The zero-order chi connectivity index (χ0) is 14.1. The lowest BCUT2D eigenvalue weighted by molar-refractivity contribution is 0.0697. The summed E-state index contributed by atoms with van der Waals surface area (Å²) in [6.45, 7) is 4.24. The van der Waals surface area contributed by atoms with Gasteiger partial charge >= 0.3 is 5.97 Å². The van der Waals surface area contributed by atoms with Crippen molar-refractivity contribution in [1.29, 1.82) is 0 Å². The van der Waals surface area contributed by atoms with Crippen LogP contribution in [0.2, 0.25) is 0 Å². The number of rotatable bonds is 2. The SMILES string of the molecule is CC1CCCN(c2ncnc3cc(C(=O)O)ccc23)C1.Cl. The maximum absolute atomic E-state index is 11.0. The molecule has 6 heteroatoms. The van der Waals surface area contributed by atoms with Crippen LogP contribution in [-0.4, -0.2) is 34.1 Å². The van der Waals surface area contributed by atoms with E-state index in [1.165, 1.54) is 19.2 Å². The van der Waals surface area contributed by atoms with Crippen LogP contribution in [0.25, 0.3) is 10.9 Å². The molecule has 1 aliphatic heterocycles. The summed E-state index contributed by atoms with van der Waals surface area (Å²) in [4.78, 5) is 21.9. The van der Waals surface area contributed by atoms with Gasteiger partial charge in [-0.25, -0.2) is 14.8 Å². The van der Waals surface area contributed by atoms with Crippen molar-refractivity contribution in [3.63, 3.8) is 0 Å². The number of halogens is 1. The lowest BCUT2D eigenvalue weighted by atomic mass is 10.00. The first-order valence-corrected chi connectivity index (χ1v) is 6.88. The summed E-state index contributed by atoms with van der Waals surface area (Å²) in [7, 11) is 0. The number of aromatic carboxylic acids is 1. The van der Waals surface area contributed by atoms with Crippen LogP contribution in [0.5, 0.6) is 0 Å². The molecule has 1 N–H and O–H groups in total. The zero-order valence-electron chi connectivity index (χ0n) is 11.8. The summed E-state index contributed by atoms with van der Waals surface area (Å²) < 4.78 is 0. The van der Waals surface area contributed by atoms with Crippen molar-refractivity contribution in [2.75, 3.05) is 18.0 Å². The largest absolute Gasteiger partial charge is 0.478 e. The molecule has 0 aliphatic carbocycles. The summed E-state index contributed by atoms with van der Waals surface area (Å²) in [6.07, 6.45) is 3.94. The first-order chi connectivity index (χ1) is 9.65. The maximum Gasteiger partial charge on any atom is 0.335 e. The van der Waals surface area contributed by atoms with Gasteiger partial charge in [0.2, 0.25) is 0 Å². The van der Waals surface area contributed by atoms with E-state index in [9.17, 15) is 4.79 Å². The molecule has 112 valence electrons. The summed E-state index contributed by atoms with van der Waals surface area (Å²) in [5.74, 6) is 0.643. The molecule has 0 radical (unpaired) electrons. The average molecular weight is 308 g/mol. The van der Waals surface area contributed by atoms with E-state index in [0.717, 1.165) is 24.3 Å². The van der Waals surface area contributed by atoms with Gasteiger partial charge in [0, 0.05) is 18.5 Å². The van der Waals surface area contributed by atoms with Crippen molar-refractivity contribution in [3.8, 4) is 0 Å². The second-order valence-electron chi connectivity index (χ2n) is 5.43. The Balaban J connectivity index is 0.00000161. The van der Waals surface area contributed by atoms with Crippen LogP contribution in [0.3, 0.4) is 0 Å². The number of aromatic nitrogens is 2. The molecule has 1 fully saturated rings. The van der Waals surface area contributed by atoms with Gasteiger partial charge in [-0.15, -0.1) is 12.4 Å². The number of piperidine rings is 1. The highest BCUT2D eigenvalue weighted by atomic mass is 35.5. The Morgan fingerprint density at radius 2 is 2.19 bits per heavy atom. The normalized spacial score (nSPS) is 18.3. The highest BCUT2D eigenvalue weighted by Gasteiger charge is 2.19. The quantitative estimate of drug-likeness (QED) is 0.924. The fourth-order valence-corrected chi connectivity index (χ4v) is 2.81. The monoisotopic (exact) mass is 307 g/mol. The third-order valence-electron chi connectivity index (χ3n) is 3.82. The molecule has 0 spiro atoms. The predicted octanol–water partition coefficient (Wildman–Crippen LogP) is 2.99. The molecule has 0 saturated carbocycles. The first-order valence-electron chi connectivity index (χ1n) is 6.88. The lowest BCUT2D eigenvalue weighted by Gasteiger charge is -2.32. The van der Waals surface area contributed by atoms with E-state index < -0.39 is 5.97 Å². The Morgan fingerprint density at radius 3 is 2.90 bits per heavy atom. The summed E-state index contributed by atoms with van der Waals surface area (Å²) in [5, 5.41) is 9.97. The van der Waals surface area contributed by atoms with Gasteiger partial charge in [-0.1, -0.05) is 6.92 Å². The first kappa shape index (κ1) is 15.5. The minimum Gasteiger partial charge on any atom is -0.478 e. The number of carboxylic acid groups (broad SMARTS) is 1. The van der Waals surface area contributed by atoms with E-state index in [2.05, 4.69) is 21.8 Å². The number of anilines is 1. The topological polar surface area (TPSA) is 66.3 Å². The molecule has 1 atom stereocenters. The van der Waals surface area contributed by atoms with Crippen LogP contribution in [0, 0.1) is 5.92 Å². The van der Waals surface area contributed by atoms with E-state index in [0.29, 0.717) is 11.4 Å². The number of fused-ring (bicyclic) bond motifs is 1. The van der Waals surface area contributed by atoms with Crippen molar-refractivity contribution >= 4 is 35.1 Å². The Labute approximate surface area is 129 Å². The molecule has 1 aromatic carbocycles. The van der Waals surface area contributed by atoms with Gasteiger partial charge in [0.05, 0.1) is 11.1 Å². The average Bonchev–Trinajstić information content (AvgIpc) is 2.46. The second kappa shape index (κ2) is 6.26. The van der Waals surface area contributed by atoms with Crippen LogP contribution < -0.4 is 4.90 Å². The van der Waals surface area contributed by atoms with Crippen molar-refractivity contribution in [1.82, 2.24) is 9.97 Å². The number of carboxylic acids is 1. The van der Waals surface area contributed by atoms with Crippen LogP contribution in [-0.2, 0) is 0 Å². The number of hydrogen-bond acceptors (Lipinski definition) is 4. The smallest absolute Gasteiger partial charge is 0.335 e. The van der Waals surface area contributed by atoms with Gasteiger partial charge in [0.1, 0.15) is 12.1 Å². The maximum atomic E-state index is 11.0. The van der Waals surface area contributed by atoms with Gasteiger partial charge in [-0.3, -0.25) is 0 Å². The number of carbonyl (C=O) groups is 1. The van der Waals surface area contributed by atoms with Gasteiger partial charge in [0.25, 0.3) is 0 Å². The molecule has 0 amide bonds. The molecule has 2 aromatic rings. The third-order valence-corrected chi connectivity index (χ3v) is 3.82. The van der Waals surface area contributed by atoms with E-state index in [1.807, 2.05) is 6.07 Å². The molecular weight excluding hydrogens is 290 g/mol. The number of benzene rings is 1. The molecule has 3 rings (SSSR count). The third kappa shape index (κ3) is 3.08. The highest BCUT2D eigenvalue weighted by Crippen LogP contribution is 2.27.